The van der Waals surface area contributed by atoms with Crippen LogP contribution in [0.15, 0.2) is 53.6 Å². The highest BCUT2D eigenvalue weighted by Gasteiger charge is 2.15. The molecule has 4 N–H and O–H groups in total. The Morgan fingerprint density at radius 1 is 1.42 bits per heavy atom. The number of nitrogens with two attached hydrogens (primary N) is 2. The van der Waals surface area contributed by atoms with Crippen molar-refractivity contribution >= 4 is 27.4 Å². The van der Waals surface area contributed by atoms with Crippen LogP contribution in [0.1, 0.15) is 24.1 Å². The number of allylic oxidation sites excluding steroid dienone is 2. The van der Waals surface area contributed by atoms with Crippen molar-refractivity contribution in [2.75, 3.05) is 7.11 Å². The largest absolute Gasteiger partial charge is 0.405 e. The monoisotopic (exact) mass is 371 g/mol. The van der Waals surface area contributed by atoms with Gasteiger partial charge in [0.2, 0.25) is 0 Å². The second kappa shape index (κ2) is 7.59. The highest BCUT2D eigenvalue weighted by molar-refractivity contribution is 7.16. The third-order valence-electron chi connectivity index (χ3n) is 4.15. The molecule has 0 radical (unpaired) electrons. The van der Waals surface area contributed by atoms with Gasteiger partial charge in [0.1, 0.15) is 12.6 Å². The predicted octanol–water partition coefficient (Wildman–Crippen LogP) is 2.24. The lowest BCUT2D eigenvalue weighted by Gasteiger charge is -2.10. The molecule has 3 aromatic rings. The standard InChI is InChI=1S/C18H21N5O2S/c1-12(14-7-9-23(21-14)17(20)4-3-8-19)13-5-6-15-16(10-13)26-18(24)22(15)11-25-2/h3-10,12H,11,19-20H2,1-2H3/b8-3-,17-4+. The Bertz CT molecular complexity index is 1030. The summed E-state index contributed by atoms with van der Waals surface area (Å²) < 4.78 is 9.27. The minimum Gasteiger partial charge on any atom is -0.405 e. The van der Waals surface area contributed by atoms with E-state index in [1.807, 2.05) is 30.5 Å². The summed E-state index contributed by atoms with van der Waals surface area (Å²) in [4.78, 5) is 12.1. The van der Waals surface area contributed by atoms with E-state index in [0.717, 1.165) is 21.5 Å². The molecule has 0 saturated carbocycles. The van der Waals surface area contributed by atoms with Gasteiger partial charge in [0, 0.05) is 19.2 Å². The number of hydrogen-bond acceptors (Lipinski definition) is 6. The number of methoxy groups -OCH3 is 1. The Balaban J connectivity index is 1.92. The fourth-order valence-electron chi connectivity index (χ4n) is 2.72. The molecule has 0 aliphatic carbocycles. The average Bonchev–Trinajstić information content (AvgIpc) is 3.24. The zero-order chi connectivity index (χ0) is 18.7. The number of hydrogen-bond donors (Lipinski definition) is 2. The van der Waals surface area contributed by atoms with Crippen LogP contribution in [-0.4, -0.2) is 21.5 Å². The van der Waals surface area contributed by atoms with Crippen LogP contribution in [0.4, 0.5) is 0 Å². The molecule has 0 spiro atoms. The summed E-state index contributed by atoms with van der Waals surface area (Å²) in [5, 5.41) is 4.54. The maximum atomic E-state index is 12.1. The van der Waals surface area contributed by atoms with Gasteiger partial charge in [0.25, 0.3) is 0 Å². The van der Waals surface area contributed by atoms with E-state index in [2.05, 4.69) is 12.0 Å². The fourth-order valence-corrected chi connectivity index (χ4v) is 3.64. The molecule has 0 saturated heterocycles. The van der Waals surface area contributed by atoms with E-state index in [0.29, 0.717) is 5.82 Å². The molecule has 3 rings (SSSR count). The third-order valence-corrected chi connectivity index (χ3v) is 5.09. The normalized spacial score (nSPS) is 13.7. The zero-order valence-electron chi connectivity index (χ0n) is 14.6. The maximum Gasteiger partial charge on any atom is 0.310 e. The quantitative estimate of drug-likeness (QED) is 0.647. The molecule has 136 valence electrons. The van der Waals surface area contributed by atoms with E-state index in [9.17, 15) is 4.79 Å². The molecule has 7 nitrogen and oxygen atoms in total. The average molecular weight is 371 g/mol. The Kier molecular flexibility index (Phi) is 5.24. The van der Waals surface area contributed by atoms with Crippen LogP contribution in [0.5, 0.6) is 0 Å². The van der Waals surface area contributed by atoms with E-state index >= 15 is 0 Å². The third kappa shape index (κ3) is 3.42. The van der Waals surface area contributed by atoms with Crippen molar-refractivity contribution in [3.05, 3.63) is 69.7 Å². The van der Waals surface area contributed by atoms with Gasteiger partial charge in [-0.15, -0.1) is 0 Å². The molecule has 26 heavy (non-hydrogen) atoms. The van der Waals surface area contributed by atoms with Crippen LogP contribution in [-0.2, 0) is 11.5 Å². The molecular weight excluding hydrogens is 350 g/mol. The molecule has 1 aromatic carbocycles. The van der Waals surface area contributed by atoms with Gasteiger partial charge < -0.3 is 16.2 Å². The van der Waals surface area contributed by atoms with Crippen molar-refractivity contribution < 1.29 is 4.74 Å². The highest BCUT2D eigenvalue weighted by Crippen LogP contribution is 2.27. The summed E-state index contributed by atoms with van der Waals surface area (Å²) in [6, 6.07) is 7.93. The first-order chi connectivity index (χ1) is 12.5. The highest BCUT2D eigenvalue weighted by atomic mass is 32.1. The number of aromatic nitrogens is 3. The van der Waals surface area contributed by atoms with Crippen LogP contribution in [0.3, 0.4) is 0 Å². The SMILES string of the molecule is COCn1c(=O)sc2cc(C(C)c3ccn(/C(N)=C/C=C\N)n3)ccc21. The summed E-state index contributed by atoms with van der Waals surface area (Å²) in [5.74, 6) is 0.544. The lowest BCUT2D eigenvalue weighted by atomic mass is 9.98. The second-order valence-electron chi connectivity index (χ2n) is 5.82. The maximum absolute atomic E-state index is 12.1. The van der Waals surface area contributed by atoms with Crippen molar-refractivity contribution in [1.29, 1.82) is 0 Å². The molecular formula is C18H21N5O2S. The lowest BCUT2D eigenvalue weighted by molar-refractivity contribution is 0.133. The lowest BCUT2D eigenvalue weighted by Crippen LogP contribution is -2.13. The van der Waals surface area contributed by atoms with Gasteiger partial charge in [-0.3, -0.25) is 9.36 Å². The van der Waals surface area contributed by atoms with Gasteiger partial charge in [-0.2, -0.15) is 5.10 Å². The van der Waals surface area contributed by atoms with Crippen LogP contribution in [0.25, 0.3) is 16.0 Å². The molecule has 0 amide bonds. The molecule has 0 bridgehead atoms. The van der Waals surface area contributed by atoms with E-state index < -0.39 is 0 Å². The van der Waals surface area contributed by atoms with Crippen molar-refractivity contribution in [3.8, 4) is 0 Å². The first-order valence-electron chi connectivity index (χ1n) is 8.07. The van der Waals surface area contributed by atoms with Crippen molar-refractivity contribution in [2.45, 2.75) is 19.6 Å². The van der Waals surface area contributed by atoms with Crippen LogP contribution in [0.2, 0.25) is 0 Å². The number of fused-ring (bicyclic) bond motifs is 1. The van der Waals surface area contributed by atoms with E-state index in [1.54, 1.807) is 28.5 Å². The van der Waals surface area contributed by atoms with Crippen molar-refractivity contribution in [3.63, 3.8) is 0 Å². The van der Waals surface area contributed by atoms with Crippen molar-refractivity contribution in [2.24, 2.45) is 11.5 Å². The Morgan fingerprint density at radius 2 is 2.23 bits per heavy atom. The summed E-state index contributed by atoms with van der Waals surface area (Å²) in [7, 11) is 1.58. The zero-order valence-corrected chi connectivity index (χ0v) is 15.4. The summed E-state index contributed by atoms with van der Waals surface area (Å²) in [6.07, 6.45) is 6.56. The minimum absolute atomic E-state index is 0.0261. The molecule has 8 heteroatoms. The first-order valence-corrected chi connectivity index (χ1v) is 8.89. The second-order valence-corrected chi connectivity index (χ2v) is 6.82. The summed E-state index contributed by atoms with van der Waals surface area (Å²) >= 11 is 1.22. The number of nitrogens with zero attached hydrogens (tertiary/aromatic N) is 3. The van der Waals surface area contributed by atoms with Crippen LogP contribution >= 0.6 is 11.3 Å². The molecule has 1 atom stereocenters. The van der Waals surface area contributed by atoms with Gasteiger partial charge >= 0.3 is 4.87 Å². The number of rotatable bonds is 6. The van der Waals surface area contributed by atoms with Gasteiger partial charge in [0.15, 0.2) is 0 Å². The number of ether oxygens (including phenoxy) is 1. The number of thiazole rings is 1. The predicted molar refractivity (Wildman–Crippen MR) is 105 cm³/mol. The van der Waals surface area contributed by atoms with Gasteiger partial charge in [-0.1, -0.05) is 24.3 Å². The van der Waals surface area contributed by atoms with Crippen molar-refractivity contribution in [1.82, 2.24) is 14.3 Å². The molecule has 2 aromatic heterocycles. The van der Waals surface area contributed by atoms with Crippen LogP contribution in [0, 0.1) is 0 Å². The Morgan fingerprint density at radius 3 is 2.96 bits per heavy atom. The Labute approximate surface area is 154 Å². The van der Waals surface area contributed by atoms with Crippen LogP contribution < -0.4 is 16.3 Å². The molecule has 2 heterocycles. The van der Waals surface area contributed by atoms with E-state index in [-0.39, 0.29) is 17.5 Å². The summed E-state index contributed by atoms with van der Waals surface area (Å²) in [6.45, 7) is 2.32. The van der Waals surface area contributed by atoms with E-state index in [4.69, 9.17) is 16.2 Å². The first kappa shape index (κ1) is 18.0. The molecule has 0 aliphatic rings. The summed E-state index contributed by atoms with van der Waals surface area (Å²) in [5.41, 5.74) is 14.1. The molecule has 0 aliphatic heterocycles. The minimum atomic E-state index is -0.0261. The number of benzene rings is 1. The molecule has 0 fully saturated rings. The van der Waals surface area contributed by atoms with Gasteiger partial charge in [-0.25, -0.2) is 4.68 Å². The van der Waals surface area contributed by atoms with Gasteiger partial charge in [-0.05, 0) is 42.1 Å². The smallest absolute Gasteiger partial charge is 0.310 e. The topological polar surface area (TPSA) is 101 Å². The van der Waals surface area contributed by atoms with Gasteiger partial charge in [0.05, 0.1) is 15.9 Å². The fraction of sp³-hybridized carbons (Fsp3) is 0.222. The molecule has 1 unspecified atom stereocenters. The Hall–Kier alpha value is -2.84. The van der Waals surface area contributed by atoms with E-state index in [1.165, 1.54) is 17.5 Å².